The molecule has 0 radical (unpaired) electrons. The summed E-state index contributed by atoms with van der Waals surface area (Å²) in [5.74, 6) is 0.726. The molecule has 1 atom stereocenters. The van der Waals surface area contributed by atoms with Crippen LogP contribution in [0.3, 0.4) is 0 Å². The number of nitrogens with zero attached hydrogens (tertiary/aromatic N) is 3. The van der Waals surface area contributed by atoms with Crippen LogP contribution in [-0.2, 0) is 22.6 Å². The molecule has 1 amide bonds. The first-order valence-electron chi connectivity index (χ1n) is 8.89. The number of ether oxygens (including phenoxy) is 1. The minimum Gasteiger partial charge on any atom is -0.467 e. The lowest BCUT2D eigenvalue weighted by Gasteiger charge is -2.55. The number of rotatable bonds is 5. The van der Waals surface area contributed by atoms with Crippen molar-refractivity contribution in [2.24, 2.45) is 0 Å². The van der Waals surface area contributed by atoms with E-state index in [2.05, 4.69) is 26.2 Å². The van der Waals surface area contributed by atoms with Crippen molar-refractivity contribution in [2.75, 3.05) is 33.3 Å². The second-order valence-corrected chi connectivity index (χ2v) is 7.23. The van der Waals surface area contributed by atoms with Gasteiger partial charge in [0.25, 0.3) is 0 Å². The minimum absolute atomic E-state index is 0.0229. The number of aromatic nitrogens is 1. The van der Waals surface area contributed by atoms with Gasteiger partial charge in [0.15, 0.2) is 0 Å². The third-order valence-corrected chi connectivity index (χ3v) is 5.09. The highest BCUT2D eigenvalue weighted by Gasteiger charge is 2.49. The van der Waals surface area contributed by atoms with Crippen molar-refractivity contribution in [3.05, 3.63) is 54.2 Å². The number of likely N-dealkylation sites (tertiary alicyclic amines) is 1. The molecule has 2 aromatic rings. The predicted octanol–water partition coefficient (Wildman–Crippen LogP) is 0.876. The summed E-state index contributed by atoms with van der Waals surface area (Å²) < 4.78 is 11.4. The van der Waals surface area contributed by atoms with E-state index in [0.717, 1.165) is 31.9 Å². The molecule has 0 aromatic carbocycles. The molecule has 0 saturated carbocycles. The monoisotopic (exact) mass is 356 g/mol. The molecule has 7 nitrogen and oxygen atoms in total. The summed E-state index contributed by atoms with van der Waals surface area (Å²) in [4.78, 5) is 21.0. The van der Waals surface area contributed by atoms with E-state index >= 15 is 0 Å². The van der Waals surface area contributed by atoms with Crippen molar-refractivity contribution < 1.29 is 13.9 Å². The molecule has 2 fully saturated rings. The molecule has 0 aliphatic carbocycles. The summed E-state index contributed by atoms with van der Waals surface area (Å²) >= 11 is 0. The molecule has 26 heavy (non-hydrogen) atoms. The molecule has 1 spiro atoms. The van der Waals surface area contributed by atoms with Crippen LogP contribution in [0.2, 0.25) is 0 Å². The number of hydrogen-bond acceptors (Lipinski definition) is 6. The van der Waals surface area contributed by atoms with E-state index in [0.29, 0.717) is 13.2 Å². The van der Waals surface area contributed by atoms with Crippen LogP contribution >= 0.6 is 0 Å². The third-order valence-electron chi connectivity index (χ3n) is 5.09. The quantitative estimate of drug-likeness (QED) is 0.858. The fourth-order valence-electron chi connectivity index (χ4n) is 3.80. The average molecular weight is 356 g/mol. The van der Waals surface area contributed by atoms with Crippen LogP contribution in [0, 0.1) is 0 Å². The molecule has 2 aromatic heterocycles. The smallest absolute Gasteiger partial charge is 0.240 e. The van der Waals surface area contributed by atoms with Crippen LogP contribution in [0.1, 0.15) is 11.3 Å². The van der Waals surface area contributed by atoms with E-state index in [1.54, 1.807) is 12.5 Å². The lowest BCUT2D eigenvalue weighted by atomic mass is 9.90. The number of furan rings is 1. The largest absolute Gasteiger partial charge is 0.467 e. The molecule has 2 aliphatic heterocycles. The summed E-state index contributed by atoms with van der Waals surface area (Å²) in [6.07, 6.45) is 5.30. The second-order valence-electron chi connectivity index (χ2n) is 7.23. The van der Waals surface area contributed by atoms with Crippen LogP contribution < -0.4 is 5.32 Å². The highest BCUT2D eigenvalue weighted by atomic mass is 16.5. The van der Waals surface area contributed by atoms with Gasteiger partial charge in [0.1, 0.15) is 17.4 Å². The highest BCUT2D eigenvalue weighted by Crippen LogP contribution is 2.31. The Kier molecular flexibility index (Phi) is 4.76. The van der Waals surface area contributed by atoms with Crippen molar-refractivity contribution in [1.82, 2.24) is 20.1 Å². The fraction of sp³-hybridized carbons (Fsp3) is 0.474. The molecule has 0 unspecified atom stereocenters. The van der Waals surface area contributed by atoms with E-state index in [1.807, 2.05) is 31.4 Å². The zero-order valence-electron chi connectivity index (χ0n) is 14.9. The van der Waals surface area contributed by atoms with Crippen molar-refractivity contribution >= 4 is 5.91 Å². The molecule has 4 rings (SSSR count). The van der Waals surface area contributed by atoms with Gasteiger partial charge in [-0.1, -0.05) is 6.07 Å². The maximum atomic E-state index is 12.4. The number of amides is 1. The Balaban J connectivity index is 1.25. The van der Waals surface area contributed by atoms with Crippen LogP contribution in [0.15, 0.2) is 47.3 Å². The third kappa shape index (κ3) is 3.65. The van der Waals surface area contributed by atoms with Crippen LogP contribution in [0.5, 0.6) is 0 Å². The Morgan fingerprint density at radius 2 is 2.23 bits per heavy atom. The molecule has 1 N–H and O–H groups in total. The molecular formula is C19H24N4O3. The number of pyridine rings is 1. The Labute approximate surface area is 152 Å². The summed E-state index contributed by atoms with van der Waals surface area (Å²) in [6, 6.07) is 7.45. The van der Waals surface area contributed by atoms with Gasteiger partial charge in [-0.05, 0) is 30.8 Å². The van der Waals surface area contributed by atoms with Gasteiger partial charge in [-0.2, -0.15) is 0 Å². The first kappa shape index (κ1) is 17.2. The van der Waals surface area contributed by atoms with E-state index in [4.69, 9.17) is 9.15 Å². The summed E-state index contributed by atoms with van der Waals surface area (Å²) in [5, 5.41) is 2.92. The number of carbonyl (C=O) groups excluding carboxylic acids is 1. The fourth-order valence-corrected chi connectivity index (χ4v) is 3.80. The first-order valence-corrected chi connectivity index (χ1v) is 8.89. The van der Waals surface area contributed by atoms with E-state index in [9.17, 15) is 4.79 Å². The lowest BCUT2D eigenvalue weighted by Crippen LogP contribution is -2.72. The standard InChI is InChI=1S/C19H24N4O3/c1-22-12-19(13-23(14-19)10-15-4-2-6-20-8-15)26-11-17(22)18(24)21-9-16-5-3-7-25-16/h2-8,17H,9-14H2,1H3,(H,21,24)/t17-/m0/s1. The molecule has 0 bridgehead atoms. The average Bonchev–Trinajstić information content (AvgIpc) is 3.13. The molecule has 2 saturated heterocycles. The molecular weight excluding hydrogens is 332 g/mol. The van der Waals surface area contributed by atoms with Crippen LogP contribution in [0.4, 0.5) is 0 Å². The maximum Gasteiger partial charge on any atom is 0.240 e. The topological polar surface area (TPSA) is 70.8 Å². The zero-order chi connectivity index (χ0) is 18.0. The summed E-state index contributed by atoms with van der Waals surface area (Å²) in [7, 11) is 1.99. The highest BCUT2D eigenvalue weighted by molar-refractivity contribution is 5.82. The normalized spacial score (nSPS) is 22.9. The van der Waals surface area contributed by atoms with Gasteiger partial charge in [-0.25, -0.2) is 0 Å². The first-order chi connectivity index (χ1) is 12.6. The Bertz CT molecular complexity index is 729. The number of carbonyl (C=O) groups is 1. The lowest BCUT2D eigenvalue weighted by molar-refractivity contribution is -0.198. The number of hydrogen-bond donors (Lipinski definition) is 1. The summed E-state index contributed by atoms with van der Waals surface area (Å²) in [5.41, 5.74) is 1.05. The predicted molar refractivity (Wildman–Crippen MR) is 95.2 cm³/mol. The number of nitrogens with one attached hydrogen (secondary N) is 1. The van der Waals surface area contributed by atoms with Gasteiger partial charge in [0.05, 0.1) is 19.4 Å². The van der Waals surface area contributed by atoms with Crippen LogP contribution in [-0.4, -0.2) is 65.6 Å². The van der Waals surface area contributed by atoms with Crippen molar-refractivity contribution in [3.63, 3.8) is 0 Å². The maximum absolute atomic E-state index is 12.4. The van der Waals surface area contributed by atoms with Gasteiger partial charge in [0.2, 0.25) is 5.91 Å². The van der Waals surface area contributed by atoms with Gasteiger partial charge >= 0.3 is 0 Å². The minimum atomic E-state index is -0.261. The van der Waals surface area contributed by atoms with Gasteiger partial charge in [0, 0.05) is 38.6 Å². The van der Waals surface area contributed by atoms with E-state index in [1.165, 1.54) is 5.56 Å². The zero-order valence-corrected chi connectivity index (χ0v) is 14.9. The molecule has 138 valence electrons. The Morgan fingerprint density at radius 3 is 2.92 bits per heavy atom. The molecule has 2 aliphatic rings. The number of morpholine rings is 1. The van der Waals surface area contributed by atoms with Gasteiger partial charge in [-0.15, -0.1) is 0 Å². The van der Waals surface area contributed by atoms with E-state index < -0.39 is 0 Å². The Hall–Kier alpha value is -2.22. The molecule has 4 heterocycles. The summed E-state index contributed by atoms with van der Waals surface area (Å²) in [6.45, 7) is 4.23. The van der Waals surface area contributed by atoms with Gasteiger partial charge in [-0.3, -0.25) is 19.6 Å². The van der Waals surface area contributed by atoms with Crippen molar-refractivity contribution in [3.8, 4) is 0 Å². The molecule has 7 heteroatoms. The van der Waals surface area contributed by atoms with Crippen molar-refractivity contribution in [1.29, 1.82) is 0 Å². The Morgan fingerprint density at radius 1 is 1.35 bits per heavy atom. The van der Waals surface area contributed by atoms with Gasteiger partial charge < -0.3 is 14.5 Å². The SMILES string of the molecule is CN1CC2(CN(Cc3cccnc3)C2)OC[C@H]1C(=O)NCc1ccco1. The van der Waals surface area contributed by atoms with E-state index in [-0.39, 0.29) is 17.6 Å². The number of likely N-dealkylation sites (N-methyl/N-ethyl adjacent to an activating group) is 1. The van der Waals surface area contributed by atoms with Crippen molar-refractivity contribution in [2.45, 2.75) is 24.7 Å². The van der Waals surface area contributed by atoms with Crippen LogP contribution in [0.25, 0.3) is 0 Å². The second kappa shape index (κ2) is 7.19.